The van der Waals surface area contributed by atoms with E-state index in [0.717, 1.165) is 5.56 Å². The molecule has 0 aliphatic rings. The van der Waals surface area contributed by atoms with Gasteiger partial charge in [0.2, 0.25) is 5.78 Å². The van der Waals surface area contributed by atoms with Crippen LogP contribution in [-0.2, 0) is 0 Å². The topological polar surface area (TPSA) is 113 Å². The molecule has 0 bridgehead atoms. The van der Waals surface area contributed by atoms with Crippen LogP contribution in [-0.4, -0.2) is 39.5 Å². The molecular weight excluding hydrogens is 484 g/mol. The lowest BCUT2D eigenvalue weighted by atomic mass is 10.0. The first-order valence-electron chi connectivity index (χ1n) is 10.8. The number of thiazole rings is 1. The lowest BCUT2D eigenvalue weighted by molar-refractivity contribution is 0.0956. The van der Waals surface area contributed by atoms with Gasteiger partial charge in [-0.15, -0.1) is 11.3 Å². The highest BCUT2D eigenvalue weighted by atomic mass is 35.5. The number of halogens is 1. The zero-order valence-electron chi connectivity index (χ0n) is 18.8. The quantitative estimate of drug-likeness (QED) is 0.254. The Hall–Kier alpha value is -4.00. The third kappa shape index (κ3) is 5.57. The molecule has 0 saturated carbocycles. The molecular formula is C25H21ClN6O2S. The number of amides is 1. The van der Waals surface area contributed by atoms with Crippen molar-refractivity contribution in [2.45, 2.75) is 13.3 Å². The molecule has 2 aromatic heterocycles. The van der Waals surface area contributed by atoms with Crippen LogP contribution < -0.4 is 10.6 Å². The van der Waals surface area contributed by atoms with E-state index < -0.39 is 0 Å². The van der Waals surface area contributed by atoms with Crippen LogP contribution in [0, 0.1) is 18.3 Å². The monoisotopic (exact) mass is 504 g/mol. The smallest absolute Gasteiger partial charge is 0.262 e. The molecule has 35 heavy (non-hydrogen) atoms. The van der Waals surface area contributed by atoms with Gasteiger partial charge in [0.25, 0.3) is 5.91 Å². The Morgan fingerprint density at radius 1 is 1.11 bits per heavy atom. The maximum Gasteiger partial charge on any atom is 0.262 e. The number of nitriles is 1. The largest absolute Gasteiger partial charge is 0.369 e. The minimum atomic E-state index is -0.339. The van der Waals surface area contributed by atoms with Crippen molar-refractivity contribution in [1.29, 1.82) is 5.26 Å². The maximum atomic E-state index is 13.2. The molecule has 10 heteroatoms. The number of aryl methyl sites for hydroxylation is 1. The van der Waals surface area contributed by atoms with E-state index >= 15 is 0 Å². The van der Waals surface area contributed by atoms with Crippen molar-refractivity contribution in [3.05, 3.63) is 92.5 Å². The van der Waals surface area contributed by atoms with Gasteiger partial charge in [-0.2, -0.15) is 10.4 Å². The third-order valence-electron chi connectivity index (χ3n) is 5.18. The number of rotatable bonds is 9. The summed E-state index contributed by atoms with van der Waals surface area (Å²) in [5.41, 5.74) is 3.94. The summed E-state index contributed by atoms with van der Waals surface area (Å²) < 4.78 is 1.53. The van der Waals surface area contributed by atoms with E-state index in [-0.39, 0.29) is 22.9 Å². The number of aromatic nitrogens is 3. The molecule has 2 N–H and O–H groups in total. The molecule has 1 amide bonds. The number of hydrogen-bond acceptors (Lipinski definition) is 7. The fraction of sp³-hybridized carbons (Fsp3) is 0.160. The highest BCUT2D eigenvalue weighted by Crippen LogP contribution is 2.26. The van der Waals surface area contributed by atoms with E-state index in [1.807, 2.05) is 19.1 Å². The predicted octanol–water partition coefficient (Wildman–Crippen LogP) is 4.63. The second kappa shape index (κ2) is 11.0. The van der Waals surface area contributed by atoms with E-state index in [9.17, 15) is 14.9 Å². The summed E-state index contributed by atoms with van der Waals surface area (Å²) >= 11 is 7.31. The summed E-state index contributed by atoms with van der Waals surface area (Å²) in [6.07, 6.45) is 2.11. The molecule has 0 fully saturated rings. The standard InChI is InChI=1S/C25H21ClN6O2S/c1-16-3-5-17(6-4-16)23(33)22-20(13-27)24(32(31-22)19-9-7-18(26)8-10-19)29-11-2-12-30-25(34)21-14-28-15-35-21/h3-10,14-15,29H,2,11-12H2,1H3,(H,30,34). The van der Waals surface area contributed by atoms with Crippen LogP contribution in [0.3, 0.4) is 0 Å². The highest BCUT2D eigenvalue weighted by molar-refractivity contribution is 7.11. The molecule has 176 valence electrons. The molecule has 0 spiro atoms. The van der Waals surface area contributed by atoms with E-state index in [1.165, 1.54) is 22.2 Å². The SMILES string of the molecule is Cc1ccc(C(=O)c2nn(-c3ccc(Cl)cc3)c(NCCCNC(=O)c3cncs3)c2C#N)cc1. The number of ketones is 1. The maximum absolute atomic E-state index is 13.2. The molecule has 0 atom stereocenters. The average molecular weight is 505 g/mol. The predicted molar refractivity (Wildman–Crippen MR) is 135 cm³/mol. The zero-order chi connectivity index (χ0) is 24.8. The molecule has 2 heterocycles. The Bertz CT molecular complexity index is 1370. The Morgan fingerprint density at radius 2 is 1.86 bits per heavy atom. The summed E-state index contributed by atoms with van der Waals surface area (Å²) in [6.45, 7) is 2.80. The summed E-state index contributed by atoms with van der Waals surface area (Å²) in [5.74, 6) is -0.115. The third-order valence-corrected chi connectivity index (χ3v) is 6.21. The molecule has 4 aromatic rings. The van der Waals surface area contributed by atoms with Crippen LogP contribution in [0.1, 0.15) is 43.3 Å². The van der Waals surface area contributed by atoms with Gasteiger partial charge in [-0.25, -0.2) is 4.68 Å². The van der Waals surface area contributed by atoms with Gasteiger partial charge in [-0.05, 0) is 37.6 Å². The van der Waals surface area contributed by atoms with E-state index in [0.29, 0.717) is 46.5 Å². The Labute approximate surface area is 211 Å². The Balaban J connectivity index is 1.57. The van der Waals surface area contributed by atoms with Crippen molar-refractivity contribution in [2.75, 3.05) is 18.4 Å². The molecule has 0 unspecified atom stereocenters. The number of benzene rings is 2. The summed E-state index contributed by atoms with van der Waals surface area (Å²) in [6, 6.07) is 16.2. The van der Waals surface area contributed by atoms with E-state index in [2.05, 4.69) is 26.8 Å². The van der Waals surface area contributed by atoms with Crippen molar-refractivity contribution in [3.63, 3.8) is 0 Å². The average Bonchev–Trinajstić information content (AvgIpc) is 3.53. The van der Waals surface area contributed by atoms with Gasteiger partial charge in [0.05, 0.1) is 17.4 Å². The number of hydrogen-bond donors (Lipinski definition) is 2. The molecule has 0 saturated heterocycles. The Kier molecular flexibility index (Phi) is 7.55. The van der Waals surface area contributed by atoms with Gasteiger partial charge < -0.3 is 10.6 Å². The first-order valence-corrected chi connectivity index (χ1v) is 12.0. The van der Waals surface area contributed by atoms with Gasteiger partial charge >= 0.3 is 0 Å². The number of carbonyl (C=O) groups excluding carboxylic acids is 2. The summed E-state index contributed by atoms with van der Waals surface area (Å²) in [5, 5.41) is 21.1. The van der Waals surface area contributed by atoms with Gasteiger partial charge in [-0.1, -0.05) is 41.4 Å². The van der Waals surface area contributed by atoms with Gasteiger partial charge in [0.1, 0.15) is 22.3 Å². The Morgan fingerprint density at radius 3 is 2.51 bits per heavy atom. The molecule has 0 aliphatic heterocycles. The van der Waals surface area contributed by atoms with Crippen LogP contribution >= 0.6 is 22.9 Å². The normalized spacial score (nSPS) is 10.5. The summed E-state index contributed by atoms with van der Waals surface area (Å²) in [4.78, 5) is 29.7. The van der Waals surface area contributed by atoms with Gasteiger partial charge in [-0.3, -0.25) is 14.6 Å². The summed E-state index contributed by atoms with van der Waals surface area (Å²) in [7, 11) is 0. The number of anilines is 1. The van der Waals surface area contributed by atoms with E-state index in [4.69, 9.17) is 11.6 Å². The van der Waals surface area contributed by atoms with Crippen LogP contribution in [0.5, 0.6) is 0 Å². The second-order valence-electron chi connectivity index (χ2n) is 7.67. The van der Waals surface area contributed by atoms with Crippen molar-refractivity contribution >= 4 is 40.4 Å². The second-order valence-corrected chi connectivity index (χ2v) is 8.99. The van der Waals surface area contributed by atoms with E-state index in [1.54, 1.807) is 41.9 Å². The van der Waals surface area contributed by atoms with Gasteiger partial charge in [0.15, 0.2) is 5.69 Å². The first kappa shape index (κ1) is 24.1. The van der Waals surface area contributed by atoms with Crippen LogP contribution in [0.25, 0.3) is 5.69 Å². The van der Waals surface area contributed by atoms with Crippen LogP contribution in [0.15, 0.2) is 60.2 Å². The molecule has 8 nitrogen and oxygen atoms in total. The molecule has 0 radical (unpaired) electrons. The van der Waals surface area contributed by atoms with Crippen molar-refractivity contribution in [3.8, 4) is 11.8 Å². The zero-order valence-corrected chi connectivity index (χ0v) is 20.4. The fourth-order valence-electron chi connectivity index (χ4n) is 3.37. The van der Waals surface area contributed by atoms with Crippen molar-refractivity contribution in [1.82, 2.24) is 20.1 Å². The van der Waals surface area contributed by atoms with Crippen LogP contribution in [0.4, 0.5) is 5.82 Å². The van der Waals surface area contributed by atoms with Crippen molar-refractivity contribution in [2.24, 2.45) is 0 Å². The molecule has 2 aromatic carbocycles. The van der Waals surface area contributed by atoms with Crippen LogP contribution in [0.2, 0.25) is 5.02 Å². The number of carbonyl (C=O) groups is 2. The lowest BCUT2D eigenvalue weighted by Gasteiger charge is -2.11. The molecule has 4 rings (SSSR count). The highest BCUT2D eigenvalue weighted by Gasteiger charge is 2.25. The minimum Gasteiger partial charge on any atom is -0.369 e. The number of nitrogens with zero attached hydrogens (tertiary/aromatic N) is 4. The minimum absolute atomic E-state index is 0.0623. The lowest BCUT2D eigenvalue weighted by Crippen LogP contribution is -2.25. The van der Waals surface area contributed by atoms with Crippen molar-refractivity contribution < 1.29 is 9.59 Å². The van der Waals surface area contributed by atoms with Gasteiger partial charge in [0, 0.05) is 23.7 Å². The number of nitrogens with one attached hydrogen (secondary N) is 2. The fourth-order valence-corrected chi connectivity index (χ4v) is 4.03. The first-order chi connectivity index (χ1) is 17.0. The molecule has 0 aliphatic carbocycles.